The molecule has 0 aliphatic rings. The summed E-state index contributed by atoms with van der Waals surface area (Å²) in [5.41, 5.74) is 2.22. The number of aromatic amines is 1. The van der Waals surface area contributed by atoms with Gasteiger partial charge in [-0.3, -0.25) is 9.69 Å². The highest BCUT2D eigenvalue weighted by Crippen LogP contribution is 2.23. The van der Waals surface area contributed by atoms with Crippen molar-refractivity contribution in [1.29, 1.82) is 0 Å². The second kappa shape index (κ2) is 9.78. The van der Waals surface area contributed by atoms with E-state index in [0.29, 0.717) is 29.9 Å². The van der Waals surface area contributed by atoms with Crippen LogP contribution >= 0.6 is 0 Å². The minimum atomic E-state index is -0.613. The van der Waals surface area contributed by atoms with Gasteiger partial charge in [0, 0.05) is 41.3 Å². The van der Waals surface area contributed by atoms with E-state index in [1.165, 1.54) is 0 Å². The Hall–Kier alpha value is -2.83. The zero-order valence-electron chi connectivity index (χ0n) is 18.1. The molecule has 3 aromatic rings. The Labute approximate surface area is 177 Å². The van der Waals surface area contributed by atoms with Gasteiger partial charge in [0.2, 0.25) is 0 Å². The lowest BCUT2D eigenvalue weighted by Gasteiger charge is -2.32. The number of carbonyl (C=O) groups is 1. The number of hydrogen-bond donors (Lipinski definition) is 3. The number of aliphatic hydroxyl groups is 1. The molecular formula is C24H31N3O3. The Morgan fingerprint density at radius 1 is 1.10 bits per heavy atom. The number of H-pyrrole nitrogens is 1. The first kappa shape index (κ1) is 21.9. The Morgan fingerprint density at radius 2 is 1.83 bits per heavy atom. The van der Waals surface area contributed by atoms with Crippen molar-refractivity contribution in [3.63, 3.8) is 0 Å². The summed E-state index contributed by atoms with van der Waals surface area (Å²) < 4.78 is 5.77. The maximum Gasteiger partial charge on any atom is 0.255 e. The second-order valence-electron chi connectivity index (χ2n) is 8.08. The number of carbonyl (C=O) groups excluding carboxylic acids is 1. The van der Waals surface area contributed by atoms with Crippen LogP contribution in [0.1, 0.15) is 38.1 Å². The van der Waals surface area contributed by atoms with Crippen LogP contribution in [0.4, 0.5) is 5.69 Å². The minimum absolute atomic E-state index is 0.170. The molecule has 6 heteroatoms. The third-order valence-corrected chi connectivity index (χ3v) is 5.13. The summed E-state index contributed by atoms with van der Waals surface area (Å²) in [6.45, 7) is 9.17. The van der Waals surface area contributed by atoms with E-state index in [4.69, 9.17) is 4.74 Å². The number of benzene rings is 2. The van der Waals surface area contributed by atoms with Gasteiger partial charge in [0.1, 0.15) is 18.5 Å². The van der Waals surface area contributed by atoms with E-state index >= 15 is 0 Å². The molecule has 0 saturated heterocycles. The van der Waals surface area contributed by atoms with Crippen LogP contribution in [0.15, 0.2) is 54.7 Å². The van der Waals surface area contributed by atoms with Crippen LogP contribution in [0.3, 0.4) is 0 Å². The predicted octanol–water partition coefficient (Wildman–Crippen LogP) is 4.28. The van der Waals surface area contributed by atoms with Crippen molar-refractivity contribution in [2.45, 2.75) is 45.9 Å². The van der Waals surface area contributed by atoms with Crippen molar-refractivity contribution in [2.24, 2.45) is 0 Å². The van der Waals surface area contributed by atoms with E-state index in [1.54, 1.807) is 24.3 Å². The first-order valence-corrected chi connectivity index (χ1v) is 10.4. The van der Waals surface area contributed by atoms with Crippen molar-refractivity contribution < 1.29 is 14.6 Å². The predicted molar refractivity (Wildman–Crippen MR) is 121 cm³/mol. The van der Waals surface area contributed by atoms with Gasteiger partial charge in [-0.25, -0.2) is 0 Å². The summed E-state index contributed by atoms with van der Waals surface area (Å²) in [6, 6.07) is 15.4. The van der Waals surface area contributed by atoms with Crippen molar-refractivity contribution in [3.8, 4) is 5.75 Å². The summed E-state index contributed by atoms with van der Waals surface area (Å²) in [7, 11) is 0. The molecule has 1 atom stereocenters. The van der Waals surface area contributed by atoms with Crippen molar-refractivity contribution in [1.82, 2.24) is 9.88 Å². The molecule has 0 aliphatic heterocycles. The molecule has 2 aromatic carbocycles. The molecule has 0 saturated carbocycles. The van der Waals surface area contributed by atoms with Gasteiger partial charge in [-0.2, -0.15) is 0 Å². The first-order valence-electron chi connectivity index (χ1n) is 10.4. The number of hydrogen-bond acceptors (Lipinski definition) is 4. The van der Waals surface area contributed by atoms with Gasteiger partial charge in [-0.05, 0) is 64.1 Å². The number of rotatable bonds is 9. The van der Waals surface area contributed by atoms with Crippen LogP contribution in [0, 0.1) is 0 Å². The zero-order chi connectivity index (χ0) is 21.7. The van der Waals surface area contributed by atoms with Gasteiger partial charge >= 0.3 is 0 Å². The molecule has 0 aliphatic carbocycles. The monoisotopic (exact) mass is 409 g/mol. The Kier molecular flexibility index (Phi) is 7.13. The van der Waals surface area contributed by atoms with Gasteiger partial charge in [-0.15, -0.1) is 0 Å². The number of aromatic nitrogens is 1. The number of anilines is 1. The van der Waals surface area contributed by atoms with Crippen LogP contribution in [-0.2, 0) is 0 Å². The fourth-order valence-electron chi connectivity index (χ4n) is 3.62. The summed E-state index contributed by atoms with van der Waals surface area (Å²) in [4.78, 5) is 18.1. The number of nitrogens with one attached hydrogen (secondary N) is 2. The van der Waals surface area contributed by atoms with Crippen LogP contribution in [0.25, 0.3) is 10.9 Å². The smallest absolute Gasteiger partial charge is 0.255 e. The summed E-state index contributed by atoms with van der Waals surface area (Å²) in [5.74, 6) is 0.350. The molecular weight excluding hydrogens is 378 g/mol. The Morgan fingerprint density at radius 3 is 2.57 bits per heavy atom. The second-order valence-corrected chi connectivity index (χ2v) is 8.08. The summed E-state index contributed by atoms with van der Waals surface area (Å²) >= 11 is 0. The van der Waals surface area contributed by atoms with Crippen LogP contribution < -0.4 is 10.1 Å². The fraction of sp³-hybridized carbons (Fsp3) is 0.375. The molecule has 1 amide bonds. The molecule has 0 radical (unpaired) electrons. The molecule has 0 bridgehead atoms. The molecule has 6 nitrogen and oxygen atoms in total. The summed E-state index contributed by atoms with van der Waals surface area (Å²) in [6.07, 6.45) is 1.23. The fourth-order valence-corrected chi connectivity index (χ4v) is 3.62. The molecule has 0 spiro atoms. The van der Waals surface area contributed by atoms with Gasteiger partial charge in [0.15, 0.2) is 0 Å². The van der Waals surface area contributed by atoms with Crippen LogP contribution in [-0.4, -0.2) is 52.2 Å². The number of ether oxygens (including phenoxy) is 1. The number of aliphatic hydroxyl groups excluding tert-OH is 1. The zero-order valence-corrected chi connectivity index (χ0v) is 18.1. The third kappa shape index (κ3) is 5.40. The SMILES string of the molecule is CC(C)N(CC(O)COc1cccc(C(=O)Nc2cccc3[nH]ccc23)c1)C(C)C. The first-order chi connectivity index (χ1) is 14.3. The molecule has 3 N–H and O–H groups in total. The van der Waals surface area contributed by atoms with E-state index in [9.17, 15) is 9.90 Å². The molecule has 0 fully saturated rings. The van der Waals surface area contributed by atoms with Gasteiger partial charge in [0.25, 0.3) is 5.91 Å². The highest BCUT2D eigenvalue weighted by Gasteiger charge is 2.18. The van der Waals surface area contributed by atoms with Crippen molar-refractivity contribution in [2.75, 3.05) is 18.5 Å². The van der Waals surface area contributed by atoms with E-state index in [1.807, 2.05) is 30.5 Å². The van der Waals surface area contributed by atoms with E-state index in [2.05, 4.69) is 42.9 Å². The van der Waals surface area contributed by atoms with Crippen LogP contribution in [0.5, 0.6) is 5.75 Å². The highest BCUT2D eigenvalue weighted by atomic mass is 16.5. The van der Waals surface area contributed by atoms with Crippen LogP contribution in [0.2, 0.25) is 0 Å². The molecule has 1 aromatic heterocycles. The lowest BCUT2D eigenvalue weighted by molar-refractivity contribution is 0.0445. The lowest BCUT2D eigenvalue weighted by Crippen LogP contribution is -2.43. The minimum Gasteiger partial charge on any atom is -0.491 e. The largest absolute Gasteiger partial charge is 0.491 e. The summed E-state index contributed by atoms with van der Waals surface area (Å²) in [5, 5.41) is 14.3. The molecule has 3 rings (SSSR count). The topological polar surface area (TPSA) is 77.6 Å². The number of amides is 1. The standard InChI is InChI=1S/C24H31N3O3/c1-16(2)27(17(3)4)14-19(28)15-30-20-8-5-7-18(13-20)24(29)26-23-10-6-9-22-21(23)11-12-25-22/h5-13,16-17,19,25,28H,14-15H2,1-4H3,(H,26,29). The third-order valence-electron chi connectivity index (χ3n) is 5.13. The Balaban J connectivity index is 1.61. The number of nitrogens with zero attached hydrogens (tertiary/aromatic N) is 1. The maximum atomic E-state index is 12.7. The number of fused-ring (bicyclic) bond motifs is 1. The average Bonchev–Trinajstić information content (AvgIpc) is 3.20. The maximum absolute atomic E-state index is 12.7. The van der Waals surface area contributed by atoms with Gasteiger partial charge < -0.3 is 20.1 Å². The van der Waals surface area contributed by atoms with Gasteiger partial charge in [0.05, 0.1) is 5.69 Å². The molecule has 160 valence electrons. The van der Waals surface area contributed by atoms with Crippen molar-refractivity contribution in [3.05, 3.63) is 60.3 Å². The van der Waals surface area contributed by atoms with Gasteiger partial charge in [-0.1, -0.05) is 12.1 Å². The quantitative estimate of drug-likeness (QED) is 0.493. The molecule has 1 unspecified atom stereocenters. The Bertz CT molecular complexity index is 972. The normalized spacial score (nSPS) is 12.7. The van der Waals surface area contributed by atoms with E-state index in [0.717, 1.165) is 16.6 Å². The molecule has 1 heterocycles. The molecule has 30 heavy (non-hydrogen) atoms. The lowest BCUT2D eigenvalue weighted by atomic mass is 10.1. The van der Waals surface area contributed by atoms with Crippen molar-refractivity contribution >= 4 is 22.5 Å². The highest BCUT2D eigenvalue weighted by molar-refractivity contribution is 6.08. The van der Waals surface area contributed by atoms with E-state index in [-0.39, 0.29) is 12.5 Å². The van der Waals surface area contributed by atoms with E-state index < -0.39 is 6.10 Å². The average molecular weight is 410 g/mol.